The molecule has 1 heterocycles. The lowest BCUT2D eigenvalue weighted by Gasteiger charge is -2.20. The van der Waals surface area contributed by atoms with Gasteiger partial charge in [0.15, 0.2) is 0 Å². The minimum absolute atomic E-state index is 0.383. The quantitative estimate of drug-likeness (QED) is 0.881. The molecule has 0 aliphatic rings. The Morgan fingerprint density at radius 3 is 2.45 bits per heavy atom. The van der Waals surface area contributed by atoms with Gasteiger partial charge in [0.25, 0.3) is 0 Å². The lowest BCUT2D eigenvalue weighted by Crippen LogP contribution is -2.39. The van der Waals surface area contributed by atoms with Crippen LogP contribution in [0.2, 0.25) is 0 Å². The Morgan fingerprint density at radius 1 is 1.09 bits per heavy atom. The molecule has 2 rings (SSSR count). The zero-order chi connectivity index (χ0) is 15.9. The summed E-state index contributed by atoms with van der Waals surface area (Å²) in [6, 6.07) is 14.8. The molecule has 0 unspecified atom stereocenters. The molecule has 1 N–H and O–H groups in total. The van der Waals surface area contributed by atoms with Gasteiger partial charge in [-0.25, -0.2) is 4.98 Å². The molecule has 5 heteroatoms. The van der Waals surface area contributed by atoms with E-state index in [1.54, 1.807) is 12.1 Å². The van der Waals surface area contributed by atoms with Gasteiger partial charge < -0.3 is 10.2 Å². The molecule has 0 aliphatic heterocycles. The highest BCUT2D eigenvalue weighted by molar-refractivity contribution is 6.39. The third-order valence-corrected chi connectivity index (χ3v) is 3.21. The Hall–Kier alpha value is -2.69. The van der Waals surface area contributed by atoms with Gasteiger partial charge >= 0.3 is 11.8 Å². The minimum atomic E-state index is -0.670. The highest BCUT2D eigenvalue weighted by atomic mass is 16.2. The van der Waals surface area contributed by atoms with Crippen LogP contribution in [0.5, 0.6) is 0 Å². The van der Waals surface area contributed by atoms with Crippen LogP contribution in [-0.4, -0.2) is 28.2 Å². The Morgan fingerprint density at radius 2 is 1.82 bits per heavy atom. The van der Waals surface area contributed by atoms with E-state index in [1.807, 2.05) is 50.2 Å². The molecule has 0 aliphatic carbocycles. The monoisotopic (exact) mass is 297 g/mol. The molecule has 1 aromatic heterocycles. The molecule has 0 saturated heterocycles. The lowest BCUT2D eigenvalue weighted by molar-refractivity contribution is -0.143. The van der Waals surface area contributed by atoms with E-state index in [9.17, 15) is 9.59 Å². The minimum Gasteiger partial charge on any atom is -0.330 e. The molecule has 2 amide bonds. The number of nitrogens with one attached hydrogen (secondary N) is 1. The molecule has 0 atom stereocenters. The van der Waals surface area contributed by atoms with Gasteiger partial charge in [-0.05, 0) is 31.5 Å². The molecule has 5 nitrogen and oxygen atoms in total. The van der Waals surface area contributed by atoms with Crippen molar-refractivity contribution < 1.29 is 9.59 Å². The van der Waals surface area contributed by atoms with Gasteiger partial charge in [-0.15, -0.1) is 0 Å². The van der Waals surface area contributed by atoms with Crippen molar-refractivity contribution >= 4 is 17.6 Å². The van der Waals surface area contributed by atoms with Crippen molar-refractivity contribution in [3.8, 4) is 0 Å². The fraction of sp³-hybridized carbons (Fsp3) is 0.235. The lowest BCUT2D eigenvalue weighted by atomic mass is 10.2. The summed E-state index contributed by atoms with van der Waals surface area (Å²) >= 11 is 0. The van der Waals surface area contributed by atoms with Crippen molar-refractivity contribution in [2.75, 3.05) is 11.9 Å². The number of nitrogens with zero attached hydrogens (tertiary/aromatic N) is 2. The highest BCUT2D eigenvalue weighted by Crippen LogP contribution is 2.07. The summed E-state index contributed by atoms with van der Waals surface area (Å²) in [5.41, 5.74) is 1.76. The first-order valence-corrected chi connectivity index (χ1v) is 7.18. The highest BCUT2D eigenvalue weighted by Gasteiger charge is 2.21. The zero-order valence-corrected chi connectivity index (χ0v) is 12.7. The van der Waals surface area contributed by atoms with Crippen molar-refractivity contribution in [1.29, 1.82) is 0 Å². The zero-order valence-electron chi connectivity index (χ0n) is 12.7. The van der Waals surface area contributed by atoms with E-state index in [2.05, 4.69) is 10.3 Å². The summed E-state index contributed by atoms with van der Waals surface area (Å²) in [5, 5.41) is 2.54. The van der Waals surface area contributed by atoms with E-state index in [0.29, 0.717) is 18.9 Å². The van der Waals surface area contributed by atoms with Crippen LogP contribution in [0.3, 0.4) is 0 Å². The Kier molecular flexibility index (Phi) is 5.25. The van der Waals surface area contributed by atoms with Crippen molar-refractivity contribution in [2.45, 2.75) is 20.4 Å². The van der Waals surface area contributed by atoms with Crippen LogP contribution in [-0.2, 0) is 16.1 Å². The predicted molar refractivity (Wildman–Crippen MR) is 85.1 cm³/mol. The molecule has 1 aromatic carbocycles. The first-order chi connectivity index (χ1) is 10.6. The Balaban J connectivity index is 2.03. The van der Waals surface area contributed by atoms with Crippen molar-refractivity contribution in [2.24, 2.45) is 0 Å². The fourth-order valence-corrected chi connectivity index (χ4v) is 2.06. The van der Waals surface area contributed by atoms with Gasteiger partial charge in [0.2, 0.25) is 0 Å². The van der Waals surface area contributed by atoms with Crippen LogP contribution in [0, 0.1) is 6.92 Å². The van der Waals surface area contributed by atoms with E-state index in [0.717, 1.165) is 11.3 Å². The molecule has 114 valence electrons. The van der Waals surface area contributed by atoms with Gasteiger partial charge in [0.05, 0.1) is 0 Å². The first kappa shape index (κ1) is 15.7. The summed E-state index contributed by atoms with van der Waals surface area (Å²) in [6.07, 6.45) is 0. The van der Waals surface area contributed by atoms with Crippen molar-refractivity contribution in [3.05, 3.63) is 59.8 Å². The van der Waals surface area contributed by atoms with E-state index in [-0.39, 0.29) is 0 Å². The molecule has 22 heavy (non-hydrogen) atoms. The number of benzene rings is 1. The third kappa shape index (κ3) is 4.15. The van der Waals surface area contributed by atoms with Crippen LogP contribution in [0.25, 0.3) is 0 Å². The summed E-state index contributed by atoms with van der Waals surface area (Å²) in [6.45, 7) is 4.54. The smallest absolute Gasteiger partial charge is 0.315 e. The van der Waals surface area contributed by atoms with E-state index >= 15 is 0 Å². The number of aryl methyl sites for hydroxylation is 1. The number of hydrogen-bond donors (Lipinski definition) is 1. The van der Waals surface area contributed by atoms with Gasteiger partial charge in [0, 0.05) is 18.8 Å². The predicted octanol–water partition coefficient (Wildman–Crippen LogP) is 2.38. The van der Waals surface area contributed by atoms with E-state index < -0.39 is 11.8 Å². The van der Waals surface area contributed by atoms with Crippen LogP contribution in [0.1, 0.15) is 18.2 Å². The van der Waals surface area contributed by atoms with Gasteiger partial charge in [-0.3, -0.25) is 9.59 Å². The average molecular weight is 297 g/mol. The van der Waals surface area contributed by atoms with Crippen molar-refractivity contribution in [3.63, 3.8) is 0 Å². The summed E-state index contributed by atoms with van der Waals surface area (Å²) in [5.74, 6) is -0.848. The first-order valence-electron chi connectivity index (χ1n) is 7.18. The second-order valence-electron chi connectivity index (χ2n) is 4.92. The standard InChI is InChI=1S/C17H19N3O2/c1-3-20(12-14-9-5-4-6-10-14)17(22)16(21)19-15-11-7-8-13(2)18-15/h4-11H,3,12H2,1-2H3,(H,18,19,21). The normalized spacial score (nSPS) is 10.1. The fourth-order valence-electron chi connectivity index (χ4n) is 2.06. The topological polar surface area (TPSA) is 62.3 Å². The molecule has 0 radical (unpaired) electrons. The molecule has 0 fully saturated rings. The summed E-state index contributed by atoms with van der Waals surface area (Å²) < 4.78 is 0. The number of hydrogen-bond acceptors (Lipinski definition) is 3. The van der Waals surface area contributed by atoms with E-state index in [1.165, 1.54) is 4.90 Å². The maximum Gasteiger partial charge on any atom is 0.315 e. The Bertz CT molecular complexity index is 656. The molecule has 0 saturated carbocycles. The SMILES string of the molecule is CCN(Cc1ccccc1)C(=O)C(=O)Nc1cccc(C)n1. The number of carbonyl (C=O) groups is 2. The number of carbonyl (C=O) groups excluding carboxylic acids is 2. The number of amides is 2. The van der Waals surface area contributed by atoms with Crippen LogP contribution in [0.4, 0.5) is 5.82 Å². The van der Waals surface area contributed by atoms with Crippen LogP contribution in [0.15, 0.2) is 48.5 Å². The second kappa shape index (κ2) is 7.36. The van der Waals surface area contributed by atoms with E-state index in [4.69, 9.17) is 0 Å². The molecule has 0 bridgehead atoms. The largest absolute Gasteiger partial charge is 0.330 e. The molecular formula is C17H19N3O2. The number of likely N-dealkylation sites (N-methyl/N-ethyl adjacent to an activating group) is 1. The maximum absolute atomic E-state index is 12.3. The van der Waals surface area contributed by atoms with Crippen molar-refractivity contribution in [1.82, 2.24) is 9.88 Å². The Labute approximate surface area is 130 Å². The average Bonchev–Trinajstić information content (AvgIpc) is 2.53. The van der Waals surface area contributed by atoms with Crippen LogP contribution < -0.4 is 5.32 Å². The molecule has 0 spiro atoms. The number of rotatable bonds is 4. The van der Waals surface area contributed by atoms with Gasteiger partial charge in [-0.2, -0.15) is 0 Å². The number of pyridine rings is 1. The van der Waals surface area contributed by atoms with Gasteiger partial charge in [-0.1, -0.05) is 36.4 Å². The van der Waals surface area contributed by atoms with Gasteiger partial charge in [0.1, 0.15) is 5.82 Å². The summed E-state index contributed by atoms with van der Waals surface area (Å²) in [7, 11) is 0. The number of aromatic nitrogens is 1. The number of anilines is 1. The third-order valence-electron chi connectivity index (χ3n) is 3.21. The maximum atomic E-state index is 12.3. The molecular weight excluding hydrogens is 278 g/mol. The molecule has 2 aromatic rings. The van der Waals surface area contributed by atoms with Crippen LogP contribution >= 0.6 is 0 Å². The second-order valence-corrected chi connectivity index (χ2v) is 4.92. The summed E-state index contributed by atoms with van der Waals surface area (Å²) in [4.78, 5) is 30.0.